The van der Waals surface area contributed by atoms with E-state index in [1.807, 2.05) is 37.3 Å². The Kier molecular flexibility index (Phi) is 14.5. The first-order valence-electron chi connectivity index (χ1n) is 12.4. The maximum absolute atomic E-state index is 7.81. The smallest absolute Gasteiger partial charge is 0.122 e. The third-order valence-corrected chi connectivity index (χ3v) is 6.47. The molecular weight excluding hydrogens is 553 g/mol. The number of piperidine rings is 1. The van der Waals surface area contributed by atoms with Crippen molar-refractivity contribution in [3.8, 4) is 5.75 Å². The molecule has 6 nitrogen and oxygen atoms in total. The van der Waals surface area contributed by atoms with Crippen molar-refractivity contribution in [1.82, 2.24) is 4.90 Å². The van der Waals surface area contributed by atoms with Crippen LogP contribution in [0.1, 0.15) is 36.5 Å². The van der Waals surface area contributed by atoms with E-state index < -0.39 is 0 Å². The first kappa shape index (κ1) is 33.8. The SMILES string of the molecule is CC(=N)N1CCC(Oc2ccc(N(C/C=C/c3cccc(C(=N)N)c3)Cc3ccccc3)cc2)CC1.Cl.Cl.Cl. The van der Waals surface area contributed by atoms with Gasteiger partial charge in [-0.1, -0.05) is 60.7 Å². The Labute approximate surface area is 250 Å². The van der Waals surface area contributed by atoms with Crippen LogP contribution >= 0.6 is 37.2 Å². The predicted molar refractivity (Wildman–Crippen MR) is 171 cm³/mol. The summed E-state index contributed by atoms with van der Waals surface area (Å²) in [5.41, 5.74) is 9.77. The van der Waals surface area contributed by atoms with Gasteiger partial charge in [0.15, 0.2) is 0 Å². The zero-order valence-corrected chi connectivity index (χ0v) is 24.5. The van der Waals surface area contributed by atoms with Crippen molar-refractivity contribution >= 4 is 60.7 Å². The summed E-state index contributed by atoms with van der Waals surface area (Å²) in [6.07, 6.45) is 6.29. The summed E-state index contributed by atoms with van der Waals surface area (Å²) in [4.78, 5) is 4.43. The average Bonchev–Trinajstić information content (AvgIpc) is 2.90. The number of rotatable bonds is 9. The van der Waals surface area contributed by atoms with Crippen molar-refractivity contribution in [3.05, 3.63) is 102 Å². The van der Waals surface area contributed by atoms with E-state index in [-0.39, 0.29) is 49.2 Å². The Morgan fingerprint density at radius 3 is 2.23 bits per heavy atom. The summed E-state index contributed by atoms with van der Waals surface area (Å²) in [5.74, 6) is 1.60. The zero-order chi connectivity index (χ0) is 25.3. The van der Waals surface area contributed by atoms with E-state index in [9.17, 15) is 0 Å². The third-order valence-electron chi connectivity index (χ3n) is 6.47. The summed E-state index contributed by atoms with van der Waals surface area (Å²) in [5, 5.41) is 15.5. The molecule has 0 radical (unpaired) electrons. The second kappa shape index (κ2) is 16.7. The third kappa shape index (κ3) is 10.1. The summed E-state index contributed by atoms with van der Waals surface area (Å²) >= 11 is 0. The quantitative estimate of drug-likeness (QED) is 0.189. The minimum absolute atomic E-state index is 0. The largest absolute Gasteiger partial charge is 0.490 e. The molecule has 1 fully saturated rings. The summed E-state index contributed by atoms with van der Waals surface area (Å²) in [6.45, 7) is 5.13. The van der Waals surface area contributed by atoms with Crippen LogP contribution in [0.2, 0.25) is 0 Å². The fraction of sp³-hybridized carbons (Fsp3) is 0.267. The molecule has 4 N–H and O–H groups in total. The Bertz CT molecular complexity index is 1200. The van der Waals surface area contributed by atoms with Gasteiger partial charge in [-0.2, -0.15) is 0 Å². The molecule has 3 aromatic carbocycles. The second-order valence-electron chi connectivity index (χ2n) is 9.19. The van der Waals surface area contributed by atoms with Gasteiger partial charge in [0, 0.05) is 50.3 Å². The number of nitrogens with two attached hydrogens (primary N) is 1. The molecule has 210 valence electrons. The first-order valence-corrected chi connectivity index (χ1v) is 12.4. The number of halogens is 3. The van der Waals surface area contributed by atoms with Crippen LogP contribution in [-0.4, -0.2) is 42.3 Å². The Hall–Kier alpha value is -3.19. The number of benzene rings is 3. The second-order valence-corrected chi connectivity index (χ2v) is 9.19. The Morgan fingerprint density at radius 1 is 0.949 bits per heavy atom. The van der Waals surface area contributed by atoms with Gasteiger partial charge in [-0.25, -0.2) is 0 Å². The molecule has 1 heterocycles. The van der Waals surface area contributed by atoms with Crippen LogP contribution in [0.4, 0.5) is 5.69 Å². The molecule has 0 aromatic heterocycles. The van der Waals surface area contributed by atoms with Gasteiger partial charge >= 0.3 is 0 Å². The average molecular weight is 591 g/mol. The standard InChI is InChI=1S/C30H35N5O.3ClH/c1-23(31)34-19-16-29(17-20-34)36-28-14-12-27(13-15-28)35(22-25-7-3-2-4-8-25)18-6-10-24-9-5-11-26(21-24)30(32)33;;;/h2-15,21,29,31H,16-20,22H2,1H3,(H3,32,33);3*1H/b10-6+,31-23?;;;. The minimum Gasteiger partial charge on any atom is -0.490 e. The molecular formula is C30H38Cl3N5O. The van der Waals surface area contributed by atoms with E-state index in [1.54, 1.807) is 0 Å². The molecule has 0 bridgehead atoms. The Balaban J connectivity index is 0.00000253. The van der Waals surface area contributed by atoms with Gasteiger partial charge in [0.2, 0.25) is 0 Å². The van der Waals surface area contributed by atoms with E-state index in [0.29, 0.717) is 5.84 Å². The highest BCUT2D eigenvalue weighted by Crippen LogP contribution is 2.24. The van der Waals surface area contributed by atoms with Crippen LogP contribution in [0.25, 0.3) is 6.08 Å². The molecule has 0 spiro atoms. The lowest BCUT2D eigenvalue weighted by Crippen LogP contribution is -2.40. The lowest BCUT2D eigenvalue weighted by molar-refractivity contribution is 0.130. The molecule has 39 heavy (non-hydrogen) atoms. The van der Waals surface area contributed by atoms with E-state index in [4.69, 9.17) is 21.3 Å². The fourth-order valence-corrected chi connectivity index (χ4v) is 4.43. The van der Waals surface area contributed by atoms with Gasteiger partial charge in [0.1, 0.15) is 17.7 Å². The summed E-state index contributed by atoms with van der Waals surface area (Å²) in [6, 6.07) is 26.6. The van der Waals surface area contributed by atoms with E-state index in [0.717, 1.165) is 61.6 Å². The summed E-state index contributed by atoms with van der Waals surface area (Å²) < 4.78 is 6.25. The fourth-order valence-electron chi connectivity index (χ4n) is 4.43. The normalized spacial score (nSPS) is 13.0. The monoisotopic (exact) mass is 589 g/mol. The molecule has 0 amide bonds. The minimum atomic E-state index is 0. The number of nitrogens with zero attached hydrogens (tertiary/aromatic N) is 2. The van der Waals surface area contributed by atoms with Crippen LogP contribution in [0.5, 0.6) is 5.75 Å². The molecule has 0 atom stereocenters. The molecule has 1 aliphatic heterocycles. The van der Waals surface area contributed by atoms with Gasteiger partial charge in [-0.15, -0.1) is 37.2 Å². The topological polar surface area (TPSA) is 89.4 Å². The number of anilines is 1. The molecule has 0 saturated carbocycles. The maximum Gasteiger partial charge on any atom is 0.122 e. The highest BCUT2D eigenvalue weighted by atomic mass is 35.5. The Morgan fingerprint density at radius 2 is 1.62 bits per heavy atom. The highest BCUT2D eigenvalue weighted by Gasteiger charge is 2.20. The van der Waals surface area contributed by atoms with E-state index in [1.165, 1.54) is 5.56 Å². The van der Waals surface area contributed by atoms with Crippen LogP contribution in [0.3, 0.4) is 0 Å². The van der Waals surface area contributed by atoms with Crippen molar-refractivity contribution in [2.45, 2.75) is 32.4 Å². The van der Waals surface area contributed by atoms with Crippen molar-refractivity contribution in [2.24, 2.45) is 5.73 Å². The van der Waals surface area contributed by atoms with Crippen molar-refractivity contribution in [3.63, 3.8) is 0 Å². The maximum atomic E-state index is 7.81. The van der Waals surface area contributed by atoms with Crippen LogP contribution in [0.15, 0.2) is 84.9 Å². The van der Waals surface area contributed by atoms with Crippen LogP contribution in [-0.2, 0) is 6.54 Å². The van der Waals surface area contributed by atoms with Crippen molar-refractivity contribution in [2.75, 3.05) is 24.5 Å². The van der Waals surface area contributed by atoms with Gasteiger partial charge in [0.25, 0.3) is 0 Å². The predicted octanol–water partition coefficient (Wildman–Crippen LogP) is 6.80. The van der Waals surface area contributed by atoms with Gasteiger partial charge in [0.05, 0.1) is 5.84 Å². The van der Waals surface area contributed by atoms with Crippen molar-refractivity contribution < 1.29 is 4.74 Å². The number of hydrogen-bond donors (Lipinski definition) is 3. The number of nitrogen functional groups attached to an aromatic ring is 1. The van der Waals surface area contributed by atoms with Crippen LogP contribution < -0.4 is 15.4 Å². The lowest BCUT2D eigenvalue weighted by atomic mass is 10.1. The number of likely N-dealkylation sites (tertiary alicyclic amines) is 1. The van der Waals surface area contributed by atoms with Crippen molar-refractivity contribution in [1.29, 1.82) is 10.8 Å². The molecule has 0 aliphatic carbocycles. The number of ether oxygens (including phenoxy) is 1. The van der Waals surface area contributed by atoms with Gasteiger partial charge in [-0.3, -0.25) is 10.8 Å². The molecule has 4 rings (SSSR count). The number of amidine groups is 2. The number of hydrogen-bond acceptors (Lipinski definition) is 4. The molecule has 9 heteroatoms. The van der Waals surface area contributed by atoms with Gasteiger partial charge in [-0.05, 0) is 48.4 Å². The van der Waals surface area contributed by atoms with Gasteiger partial charge < -0.3 is 20.3 Å². The highest BCUT2D eigenvalue weighted by molar-refractivity contribution is 5.95. The lowest BCUT2D eigenvalue weighted by Gasteiger charge is -2.33. The number of nitrogens with one attached hydrogen (secondary N) is 2. The summed E-state index contributed by atoms with van der Waals surface area (Å²) in [7, 11) is 0. The first-order chi connectivity index (χ1) is 17.5. The molecule has 1 saturated heterocycles. The molecule has 1 aliphatic rings. The zero-order valence-electron chi connectivity index (χ0n) is 22.1. The van der Waals surface area contributed by atoms with Crippen LogP contribution in [0, 0.1) is 10.8 Å². The van der Waals surface area contributed by atoms with E-state index >= 15 is 0 Å². The molecule has 0 unspecified atom stereocenters. The van der Waals surface area contributed by atoms with E-state index in [2.05, 4.69) is 70.5 Å². The molecule has 3 aromatic rings.